The van der Waals surface area contributed by atoms with E-state index in [0.29, 0.717) is 5.56 Å². The molecule has 102 valence electrons. The van der Waals surface area contributed by atoms with Gasteiger partial charge in [0, 0.05) is 6.54 Å². The minimum absolute atomic E-state index is 0.0656. The maximum Gasteiger partial charge on any atom is 0.159 e. The van der Waals surface area contributed by atoms with Gasteiger partial charge < -0.3 is 19.5 Å². The summed E-state index contributed by atoms with van der Waals surface area (Å²) in [5.41, 5.74) is -0.875. The lowest BCUT2D eigenvalue weighted by molar-refractivity contribution is -0.272. The summed E-state index contributed by atoms with van der Waals surface area (Å²) in [7, 11) is 0. The first-order valence-corrected chi connectivity index (χ1v) is 5.67. The van der Waals surface area contributed by atoms with E-state index in [4.69, 9.17) is 4.74 Å². The maximum atomic E-state index is 13.3. The van der Waals surface area contributed by atoms with Crippen LogP contribution >= 0.6 is 0 Å². The van der Waals surface area contributed by atoms with Gasteiger partial charge >= 0.3 is 0 Å². The summed E-state index contributed by atoms with van der Waals surface area (Å²) in [6.07, 6.45) is 0.0477. The van der Waals surface area contributed by atoms with Gasteiger partial charge in [-0.15, -0.1) is 0 Å². The van der Waals surface area contributed by atoms with Crippen LogP contribution in [0.25, 0.3) is 0 Å². The van der Waals surface area contributed by atoms with E-state index in [-0.39, 0.29) is 19.7 Å². The van der Waals surface area contributed by atoms with E-state index in [1.54, 1.807) is 0 Å². The second-order valence-corrected chi connectivity index (χ2v) is 4.26. The van der Waals surface area contributed by atoms with Crippen LogP contribution in [0.5, 0.6) is 0 Å². The van der Waals surface area contributed by atoms with Crippen LogP contribution in [-0.2, 0) is 10.3 Å². The third-order valence-corrected chi connectivity index (χ3v) is 3.14. The van der Waals surface area contributed by atoms with Crippen LogP contribution in [-0.4, -0.2) is 30.7 Å². The molecule has 1 fully saturated rings. The molecule has 1 unspecified atom stereocenters. The highest BCUT2D eigenvalue weighted by atomic mass is 19.2. The average molecular weight is 268 g/mol. The number of nitrogens with zero attached hydrogens (tertiary/aromatic N) is 1. The van der Waals surface area contributed by atoms with E-state index in [1.807, 2.05) is 0 Å². The van der Waals surface area contributed by atoms with Crippen molar-refractivity contribution < 1.29 is 23.4 Å². The summed E-state index contributed by atoms with van der Waals surface area (Å²) >= 11 is 0. The van der Waals surface area contributed by atoms with E-state index in [9.17, 15) is 18.7 Å². The Bertz CT molecular complexity index is 521. The van der Waals surface area contributed by atoms with E-state index < -0.39 is 23.3 Å². The number of ether oxygens (including phenoxy) is 1. The van der Waals surface area contributed by atoms with Crippen molar-refractivity contribution in [1.29, 1.82) is 0 Å². The third-order valence-electron chi connectivity index (χ3n) is 3.14. The molecule has 2 rings (SSSR count). The molecule has 0 spiro atoms. The number of carbonyl (C=O) groups excluding carboxylic acids is 1. The van der Waals surface area contributed by atoms with Crippen molar-refractivity contribution in [3.8, 4) is 0 Å². The second-order valence-electron chi connectivity index (χ2n) is 4.26. The third kappa shape index (κ3) is 2.44. The molecule has 0 bridgehead atoms. The van der Waals surface area contributed by atoms with Crippen molar-refractivity contribution in [2.75, 3.05) is 19.7 Å². The summed E-state index contributed by atoms with van der Waals surface area (Å²) in [5, 5.41) is 10.9. The zero-order valence-corrected chi connectivity index (χ0v) is 10.1. The van der Waals surface area contributed by atoms with Gasteiger partial charge in [-0.05, 0) is 17.7 Å². The Labute approximate surface area is 108 Å². The van der Waals surface area contributed by atoms with Gasteiger partial charge in [-0.2, -0.15) is 0 Å². The van der Waals surface area contributed by atoms with Crippen molar-refractivity contribution in [3.05, 3.63) is 48.1 Å². The number of amides is 1. The van der Waals surface area contributed by atoms with Crippen molar-refractivity contribution in [3.63, 3.8) is 0 Å². The fraction of sp³-hybridized carbons (Fsp3) is 0.308. The van der Waals surface area contributed by atoms with E-state index in [1.165, 1.54) is 12.1 Å². The predicted octanol–water partition coefficient (Wildman–Crippen LogP) is 1.02. The van der Waals surface area contributed by atoms with Crippen LogP contribution in [0.1, 0.15) is 5.56 Å². The van der Waals surface area contributed by atoms with E-state index >= 15 is 0 Å². The first-order chi connectivity index (χ1) is 8.98. The lowest BCUT2D eigenvalue weighted by Gasteiger charge is -2.42. The van der Waals surface area contributed by atoms with E-state index in [2.05, 4.69) is 6.58 Å². The topological polar surface area (TPSA) is 52.6 Å². The van der Waals surface area contributed by atoms with Gasteiger partial charge in [-0.25, -0.2) is 8.78 Å². The Hall–Kier alpha value is -1.95. The number of halogens is 2. The number of morpholine rings is 1. The average Bonchev–Trinajstić information content (AvgIpc) is 2.41. The molecule has 1 atom stereocenters. The Morgan fingerprint density at radius 2 is 2.21 bits per heavy atom. The molecule has 6 heteroatoms. The summed E-state index contributed by atoms with van der Waals surface area (Å²) in [4.78, 5) is 11.9. The standard InChI is InChI=1S/C13H13F2NO3/c1-2-13(8-16(12(17)18)5-6-19-13)9-3-4-10(14)11(15)7-9/h2-4,7H,1,5-6,8H2,(H,17,18)/p-1. The summed E-state index contributed by atoms with van der Waals surface area (Å²) in [5.74, 6) is -2.00. The number of carboxylic acid groups (broad SMARTS) is 1. The zero-order valence-electron chi connectivity index (χ0n) is 10.1. The van der Waals surface area contributed by atoms with Crippen molar-refractivity contribution in [2.45, 2.75) is 5.60 Å². The lowest BCUT2D eigenvalue weighted by Crippen LogP contribution is -2.54. The highest BCUT2D eigenvalue weighted by molar-refractivity contribution is 5.63. The van der Waals surface area contributed by atoms with Crippen LogP contribution in [0, 0.1) is 11.6 Å². The van der Waals surface area contributed by atoms with Gasteiger partial charge in [0.2, 0.25) is 0 Å². The number of hydrogen-bond donors (Lipinski definition) is 0. The zero-order chi connectivity index (χ0) is 14.0. The van der Waals surface area contributed by atoms with Crippen molar-refractivity contribution in [1.82, 2.24) is 4.90 Å². The normalized spacial score (nSPS) is 23.2. The molecule has 1 amide bonds. The molecule has 0 aliphatic carbocycles. The van der Waals surface area contributed by atoms with Crippen LogP contribution in [0.15, 0.2) is 30.9 Å². The minimum Gasteiger partial charge on any atom is -0.530 e. The predicted molar refractivity (Wildman–Crippen MR) is 61.2 cm³/mol. The molecule has 1 aromatic rings. The molecule has 19 heavy (non-hydrogen) atoms. The van der Waals surface area contributed by atoms with Crippen molar-refractivity contribution in [2.24, 2.45) is 0 Å². The number of carbonyl (C=O) groups is 1. The first kappa shape index (κ1) is 13.5. The molecule has 1 aliphatic rings. The fourth-order valence-corrected chi connectivity index (χ4v) is 2.08. The van der Waals surface area contributed by atoms with Gasteiger partial charge in [0.15, 0.2) is 11.6 Å². The molecule has 0 N–H and O–H groups in total. The van der Waals surface area contributed by atoms with Gasteiger partial charge in [0.1, 0.15) is 11.7 Å². The van der Waals surface area contributed by atoms with Crippen LogP contribution in [0.2, 0.25) is 0 Å². The summed E-state index contributed by atoms with van der Waals surface area (Å²) in [6.45, 7) is 3.82. The minimum atomic E-state index is -1.34. The number of hydrogen-bond acceptors (Lipinski definition) is 3. The highest BCUT2D eigenvalue weighted by Gasteiger charge is 2.36. The molecule has 1 saturated heterocycles. The second kappa shape index (κ2) is 4.97. The lowest BCUT2D eigenvalue weighted by atomic mass is 9.91. The van der Waals surface area contributed by atoms with Crippen LogP contribution in [0.3, 0.4) is 0 Å². The Morgan fingerprint density at radius 3 is 2.79 bits per heavy atom. The Balaban J connectivity index is 2.38. The smallest absolute Gasteiger partial charge is 0.159 e. The quantitative estimate of drug-likeness (QED) is 0.752. The fourth-order valence-electron chi connectivity index (χ4n) is 2.08. The first-order valence-electron chi connectivity index (χ1n) is 5.67. The maximum absolute atomic E-state index is 13.3. The molecule has 4 nitrogen and oxygen atoms in total. The molecule has 0 aromatic heterocycles. The van der Waals surface area contributed by atoms with Crippen LogP contribution in [0.4, 0.5) is 13.6 Å². The molecular formula is C13H12F2NO3-. The van der Waals surface area contributed by atoms with Gasteiger partial charge in [0.05, 0.1) is 13.2 Å². The summed E-state index contributed by atoms with van der Waals surface area (Å²) in [6, 6.07) is 3.30. The molecule has 1 heterocycles. The molecular weight excluding hydrogens is 256 g/mol. The van der Waals surface area contributed by atoms with Gasteiger partial charge in [-0.1, -0.05) is 18.7 Å². The Morgan fingerprint density at radius 1 is 1.47 bits per heavy atom. The van der Waals surface area contributed by atoms with Gasteiger partial charge in [-0.3, -0.25) is 0 Å². The largest absolute Gasteiger partial charge is 0.530 e. The van der Waals surface area contributed by atoms with Crippen molar-refractivity contribution >= 4 is 6.09 Å². The Kier molecular flexibility index (Phi) is 3.53. The monoisotopic (exact) mass is 268 g/mol. The van der Waals surface area contributed by atoms with Gasteiger partial charge in [0.25, 0.3) is 0 Å². The SMILES string of the molecule is C=CC1(c2ccc(F)c(F)c2)CN(C(=O)[O-])CCO1. The van der Waals surface area contributed by atoms with Crippen LogP contribution < -0.4 is 5.11 Å². The molecule has 1 aliphatic heterocycles. The molecule has 0 radical (unpaired) electrons. The number of rotatable bonds is 2. The number of benzene rings is 1. The molecule has 0 saturated carbocycles. The molecule has 1 aromatic carbocycles. The van der Waals surface area contributed by atoms with E-state index in [0.717, 1.165) is 17.0 Å². The highest BCUT2D eigenvalue weighted by Crippen LogP contribution is 2.31. The summed E-state index contributed by atoms with van der Waals surface area (Å²) < 4.78 is 31.8.